The molecule has 0 spiro atoms. The highest BCUT2D eigenvalue weighted by Gasteiger charge is 2.24. The summed E-state index contributed by atoms with van der Waals surface area (Å²) in [5.41, 5.74) is 0.405. The molecule has 0 radical (unpaired) electrons. The second kappa shape index (κ2) is 5.39. The molecule has 1 heterocycles. The summed E-state index contributed by atoms with van der Waals surface area (Å²) in [6, 6.07) is 1.59. The van der Waals surface area contributed by atoms with E-state index in [1.807, 2.05) is 0 Å². The Balaban J connectivity index is 2.11. The van der Waals surface area contributed by atoms with Gasteiger partial charge in [-0.25, -0.2) is 4.39 Å². The van der Waals surface area contributed by atoms with E-state index in [1.165, 1.54) is 19.0 Å². The highest BCUT2D eigenvalue weighted by molar-refractivity contribution is 5.16. The molecule has 1 fully saturated rings. The van der Waals surface area contributed by atoms with Gasteiger partial charge in [-0.05, 0) is 24.8 Å². The standard InChI is InChI=1S/C13H18FNO/c14-12-9-15-8-7-11(12)13(16)10-5-3-1-2-4-6-10/h7-10,13,16H,1-6H2. The van der Waals surface area contributed by atoms with E-state index < -0.39 is 6.10 Å². The summed E-state index contributed by atoms with van der Waals surface area (Å²) in [6.07, 6.45) is 8.83. The van der Waals surface area contributed by atoms with Gasteiger partial charge >= 0.3 is 0 Å². The second-order valence-electron chi connectivity index (χ2n) is 4.59. The van der Waals surface area contributed by atoms with Crippen LogP contribution in [0, 0.1) is 11.7 Å². The summed E-state index contributed by atoms with van der Waals surface area (Å²) in [7, 11) is 0. The maximum absolute atomic E-state index is 13.5. The minimum absolute atomic E-state index is 0.208. The molecule has 0 aromatic carbocycles. The first-order chi connectivity index (χ1) is 7.79. The summed E-state index contributed by atoms with van der Waals surface area (Å²) < 4.78 is 13.5. The normalized spacial score (nSPS) is 20.4. The fourth-order valence-electron chi connectivity index (χ4n) is 2.51. The number of halogens is 1. The molecule has 1 aliphatic carbocycles. The smallest absolute Gasteiger partial charge is 0.147 e. The van der Waals surface area contributed by atoms with Gasteiger partial charge in [-0.15, -0.1) is 0 Å². The molecule has 16 heavy (non-hydrogen) atoms. The van der Waals surface area contributed by atoms with Crippen molar-refractivity contribution in [2.24, 2.45) is 5.92 Å². The second-order valence-corrected chi connectivity index (χ2v) is 4.59. The van der Waals surface area contributed by atoms with Crippen LogP contribution in [0.2, 0.25) is 0 Å². The number of aliphatic hydroxyl groups excluding tert-OH is 1. The number of pyridine rings is 1. The molecule has 0 aliphatic heterocycles. The Hall–Kier alpha value is -0.960. The van der Waals surface area contributed by atoms with Crippen molar-refractivity contribution in [1.82, 2.24) is 4.98 Å². The zero-order valence-electron chi connectivity index (χ0n) is 9.40. The number of aromatic nitrogens is 1. The van der Waals surface area contributed by atoms with Crippen molar-refractivity contribution in [3.63, 3.8) is 0 Å². The molecule has 1 aliphatic rings. The van der Waals surface area contributed by atoms with E-state index in [4.69, 9.17) is 0 Å². The van der Waals surface area contributed by atoms with Crippen molar-refractivity contribution >= 4 is 0 Å². The molecule has 2 rings (SSSR count). The lowest BCUT2D eigenvalue weighted by Gasteiger charge is -2.21. The first-order valence-corrected chi connectivity index (χ1v) is 6.06. The fraction of sp³-hybridized carbons (Fsp3) is 0.615. The molecular weight excluding hydrogens is 205 g/mol. The van der Waals surface area contributed by atoms with E-state index >= 15 is 0 Å². The quantitative estimate of drug-likeness (QED) is 0.781. The minimum Gasteiger partial charge on any atom is -0.388 e. The Bertz CT molecular complexity index is 334. The molecule has 0 amide bonds. The summed E-state index contributed by atoms with van der Waals surface area (Å²) in [5, 5.41) is 10.2. The number of rotatable bonds is 2. The van der Waals surface area contributed by atoms with E-state index in [9.17, 15) is 9.50 Å². The van der Waals surface area contributed by atoms with Gasteiger partial charge in [0.05, 0.1) is 12.3 Å². The summed E-state index contributed by atoms with van der Waals surface area (Å²) in [4.78, 5) is 3.70. The SMILES string of the molecule is OC(c1ccncc1F)C1CCCCCC1. The lowest BCUT2D eigenvalue weighted by Crippen LogP contribution is -2.13. The highest BCUT2D eigenvalue weighted by Crippen LogP contribution is 2.33. The van der Waals surface area contributed by atoms with Gasteiger partial charge in [0.2, 0.25) is 0 Å². The van der Waals surface area contributed by atoms with Crippen LogP contribution in [0.4, 0.5) is 4.39 Å². The molecule has 1 N–H and O–H groups in total. The van der Waals surface area contributed by atoms with E-state index in [1.54, 1.807) is 12.3 Å². The lowest BCUT2D eigenvalue weighted by molar-refractivity contribution is 0.0951. The van der Waals surface area contributed by atoms with Gasteiger partial charge in [-0.1, -0.05) is 25.7 Å². The van der Waals surface area contributed by atoms with Gasteiger partial charge in [0.25, 0.3) is 0 Å². The van der Waals surface area contributed by atoms with E-state index in [0.29, 0.717) is 5.56 Å². The monoisotopic (exact) mass is 223 g/mol. The van der Waals surface area contributed by atoms with Crippen LogP contribution >= 0.6 is 0 Å². The van der Waals surface area contributed by atoms with Gasteiger partial charge in [0.15, 0.2) is 0 Å². The molecule has 0 bridgehead atoms. The molecule has 2 nitrogen and oxygen atoms in total. The minimum atomic E-state index is -0.666. The lowest BCUT2D eigenvalue weighted by atomic mass is 9.90. The topological polar surface area (TPSA) is 33.1 Å². The average Bonchev–Trinajstić information content (AvgIpc) is 2.57. The van der Waals surface area contributed by atoms with Crippen LogP contribution in [0.5, 0.6) is 0 Å². The fourth-order valence-corrected chi connectivity index (χ4v) is 2.51. The van der Waals surface area contributed by atoms with Gasteiger partial charge in [0.1, 0.15) is 5.82 Å². The Labute approximate surface area is 95.5 Å². The van der Waals surface area contributed by atoms with Crippen molar-refractivity contribution in [2.45, 2.75) is 44.6 Å². The largest absolute Gasteiger partial charge is 0.388 e. The van der Waals surface area contributed by atoms with E-state index in [-0.39, 0.29) is 11.7 Å². The van der Waals surface area contributed by atoms with Crippen LogP contribution in [0.3, 0.4) is 0 Å². The Morgan fingerprint density at radius 3 is 2.56 bits per heavy atom. The van der Waals surface area contributed by atoms with Crippen LogP contribution < -0.4 is 0 Å². The third kappa shape index (κ3) is 2.59. The zero-order valence-corrected chi connectivity index (χ0v) is 9.40. The number of hydrogen-bond acceptors (Lipinski definition) is 2. The summed E-state index contributed by atoms with van der Waals surface area (Å²) >= 11 is 0. The zero-order chi connectivity index (χ0) is 11.4. The molecule has 1 saturated carbocycles. The van der Waals surface area contributed by atoms with Crippen LogP contribution in [-0.2, 0) is 0 Å². The van der Waals surface area contributed by atoms with Gasteiger partial charge in [-0.2, -0.15) is 0 Å². The number of aliphatic hydroxyl groups is 1. The molecule has 88 valence electrons. The first-order valence-electron chi connectivity index (χ1n) is 6.06. The summed E-state index contributed by atoms with van der Waals surface area (Å²) in [6.45, 7) is 0. The molecule has 1 aromatic rings. The maximum atomic E-state index is 13.5. The van der Waals surface area contributed by atoms with Crippen molar-refractivity contribution in [3.05, 3.63) is 29.8 Å². The predicted molar refractivity (Wildman–Crippen MR) is 60.3 cm³/mol. The van der Waals surface area contributed by atoms with Crippen LogP contribution in [0.1, 0.15) is 50.2 Å². The van der Waals surface area contributed by atoms with Crippen molar-refractivity contribution in [2.75, 3.05) is 0 Å². The molecular formula is C13H18FNO. The van der Waals surface area contributed by atoms with Crippen molar-refractivity contribution in [3.8, 4) is 0 Å². The Morgan fingerprint density at radius 2 is 1.94 bits per heavy atom. The molecule has 1 unspecified atom stereocenters. The summed E-state index contributed by atoms with van der Waals surface area (Å²) in [5.74, 6) is -0.182. The Kier molecular flexibility index (Phi) is 3.88. The van der Waals surface area contributed by atoms with Gasteiger partial charge in [0, 0.05) is 11.8 Å². The van der Waals surface area contributed by atoms with E-state index in [0.717, 1.165) is 25.7 Å². The number of nitrogens with zero attached hydrogens (tertiary/aromatic N) is 1. The average molecular weight is 223 g/mol. The first kappa shape index (κ1) is 11.5. The van der Waals surface area contributed by atoms with Crippen LogP contribution in [0.15, 0.2) is 18.5 Å². The maximum Gasteiger partial charge on any atom is 0.147 e. The van der Waals surface area contributed by atoms with Crippen LogP contribution in [-0.4, -0.2) is 10.1 Å². The number of hydrogen-bond donors (Lipinski definition) is 1. The predicted octanol–water partition coefficient (Wildman–Crippen LogP) is 3.22. The molecule has 1 aromatic heterocycles. The van der Waals surface area contributed by atoms with Crippen molar-refractivity contribution in [1.29, 1.82) is 0 Å². The van der Waals surface area contributed by atoms with E-state index in [2.05, 4.69) is 4.98 Å². The molecule has 3 heteroatoms. The van der Waals surface area contributed by atoms with Crippen LogP contribution in [0.25, 0.3) is 0 Å². The third-order valence-corrected chi connectivity index (χ3v) is 3.47. The molecule has 0 saturated heterocycles. The molecule has 1 atom stereocenters. The highest BCUT2D eigenvalue weighted by atomic mass is 19.1. The Morgan fingerprint density at radius 1 is 1.25 bits per heavy atom. The third-order valence-electron chi connectivity index (χ3n) is 3.47. The van der Waals surface area contributed by atoms with Gasteiger partial charge in [-0.3, -0.25) is 4.98 Å². The van der Waals surface area contributed by atoms with Gasteiger partial charge < -0.3 is 5.11 Å². The van der Waals surface area contributed by atoms with Crippen molar-refractivity contribution < 1.29 is 9.50 Å².